The average Bonchev–Trinajstić information content (AvgIpc) is 2.12. The Balaban J connectivity index is 2.45. The number of hydrogen-bond acceptors (Lipinski definition) is 3. The summed E-state index contributed by atoms with van der Waals surface area (Å²) in [6.07, 6.45) is 3.32. The topological polar surface area (TPSA) is 58.6 Å². The zero-order chi connectivity index (χ0) is 7.40. The third kappa shape index (κ3) is 1.82. The fourth-order valence-corrected chi connectivity index (χ4v) is 0.699. The molecule has 0 aromatic carbocycles. The van der Waals surface area contributed by atoms with E-state index in [9.17, 15) is 4.79 Å². The zero-order valence-electron chi connectivity index (χ0n) is 5.41. The minimum atomic E-state index is -0.931. The van der Waals surface area contributed by atoms with Gasteiger partial charge >= 0.3 is 5.97 Å². The molecule has 2 N–H and O–H groups in total. The van der Waals surface area contributed by atoms with E-state index in [1.54, 1.807) is 6.08 Å². The lowest BCUT2D eigenvalue weighted by Gasteiger charge is -2.07. The van der Waals surface area contributed by atoms with Gasteiger partial charge in [-0.1, -0.05) is 12.2 Å². The second-order valence-corrected chi connectivity index (χ2v) is 2.00. The van der Waals surface area contributed by atoms with Crippen LogP contribution in [0.4, 0.5) is 0 Å². The molecule has 0 spiro atoms. The van der Waals surface area contributed by atoms with Crippen LogP contribution < -0.4 is 5.48 Å². The Labute approximate surface area is 58.4 Å². The highest BCUT2D eigenvalue weighted by atomic mass is 16.7. The Morgan fingerprint density at radius 1 is 1.70 bits per heavy atom. The average molecular weight is 143 g/mol. The van der Waals surface area contributed by atoms with Crippen LogP contribution in [0.15, 0.2) is 12.2 Å². The van der Waals surface area contributed by atoms with E-state index in [1.165, 1.54) is 0 Å². The van der Waals surface area contributed by atoms with Gasteiger partial charge in [0.25, 0.3) is 0 Å². The number of rotatable bonds is 1. The number of hydrogen-bond donors (Lipinski definition) is 2. The molecule has 0 bridgehead atoms. The molecule has 1 rings (SSSR count). The summed E-state index contributed by atoms with van der Waals surface area (Å²) in [5.74, 6) is -0.931. The third-order valence-corrected chi connectivity index (χ3v) is 1.22. The fraction of sp³-hybridized carbons (Fsp3) is 0.500. The minimum absolute atomic E-state index is 0.433. The first-order valence-corrected chi connectivity index (χ1v) is 3.07. The first-order chi connectivity index (χ1) is 4.80. The van der Waals surface area contributed by atoms with Gasteiger partial charge in [-0.05, 0) is 0 Å². The van der Waals surface area contributed by atoms with Crippen LogP contribution in [0.25, 0.3) is 0 Å². The van der Waals surface area contributed by atoms with E-state index >= 15 is 0 Å². The Morgan fingerprint density at radius 3 is 3.20 bits per heavy atom. The molecule has 1 atom stereocenters. The van der Waals surface area contributed by atoms with E-state index < -0.39 is 12.1 Å². The first-order valence-electron chi connectivity index (χ1n) is 3.07. The second kappa shape index (κ2) is 3.34. The number of carboxylic acids is 1. The molecule has 0 amide bonds. The van der Waals surface area contributed by atoms with Crippen LogP contribution in [0.5, 0.6) is 0 Å². The van der Waals surface area contributed by atoms with Crippen molar-refractivity contribution in [2.75, 3.05) is 6.54 Å². The van der Waals surface area contributed by atoms with Crippen molar-refractivity contribution in [1.82, 2.24) is 5.48 Å². The summed E-state index contributed by atoms with van der Waals surface area (Å²) in [4.78, 5) is 15.1. The summed E-state index contributed by atoms with van der Waals surface area (Å²) in [7, 11) is 0. The highest BCUT2D eigenvalue weighted by Gasteiger charge is 2.17. The van der Waals surface area contributed by atoms with Crippen molar-refractivity contribution >= 4 is 5.97 Å². The van der Waals surface area contributed by atoms with Crippen LogP contribution in [0.1, 0.15) is 6.42 Å². The standard InChI is InChI=1S/C6H9NO3/c8-6(9)5-3-1-2-4-7-10-5/h1-2,5,7H,3-4H2,(H,8,9). The van der Waals surface area contributed by atoms with Crippen LogP contribution in [-0.4, -0.2) is 23.7 Å². The van der Waals surface area contributed by atoms with E-state index in [0.29, 0.717) is 13.0 Å². The summed E-state index contributed by atoms with van der Waals surface area (Å²) in [5, 5.41) is 8.46. The van der Waals surface area contributed by atoms with Gasteiger partial charge in [-0.2, -0.15) is 5.48 Å². The van der Waals surface area contributed by atoms with Crippen molar-refractivity contribution in [1.29, 1.82) is 0 Å². The molecule has 4 heteroatoms. The van der Waals surface area contributed by atoms with E-state index in [-0.39, 0.29) is 0 Å². The fourth-order valence-electron chi connectivity index (χ4n) is 0.699. The Kier molecular flexibility index (Phi) is 2.42. The van der Waals surface area contributed by atoms with Crippen molar-refractivity contribution in [3.05, 3.63) is 12.2 Å². The minimum Gasteiger partial charge on any atom is -0.479 e. The Hall–Kier alpha value is -0.870. The van der Waals surface area contributed by atoms with Crippen molar-refractivity contribution in [3.63, 3.8) is 0 Å². The number of nitrogens with one attached hydrogen (secondary N) is 1. The predicted octanol–water partition coefficient (Wildman–Crippen LogP) is -0.0793. The van der Waals surface area contributed by atoms with E-state index in [0.717, 1.165) is 0 Å². The molecule has 0 saturated carbocycles. The van der Waals surface area contributed by atoms with E-state index in [4.69, 9.17) is 9.94 Å². The molecule has 0 aromatic heterocycles. The van der Waals surface area contributed by atoms with Crippen LogP contribution in [-0.2, 0) is 9.63 Å². The molecule has 1 heterocycles. The SMILES string of the molecule is O=C(O)C1CC=CCNO1. The quantitative estimate of drug-likeness (QED) is 0.504. The molecule has 1 aliphatic heterocycles. The monoisotopic (exact) mass is 143 g/mol. The molecule has 1 unspecified atom stereocenters. The lowest BCUT2D eigenvalue weighted by molar-refractivity contribution is -0.154. The van der Waals surface area contributed by atoms with E-state index in [1.807, 2.05) is 6.08 Å². The number of carboxylic acid groups (broad SMARTS) is 1. The largest absolute Gasteiger partial charge is 0.479 e. The van der Waals surface area contributed by atoms with Crippen molar-refractivity contribution in [2.45, 2.75) is 12.5 Å². The molecule has 10 heavy (non-hydrogen) atoms. The summed E-state index contributed by atoms with van der Waals surface area (Å²) in [6, 6.07) is 0. The van der Waals surface area contributed by atoms with E-state index in [2.05, 4.69) is 5.48 Å². The molecule has 56 valence electrons. The molecule has 0 saturated heterocycles. The molecular weight excluding hydrogens is 134 g/mol. The summed E-state index contributed by atoms with van der Waals surface area (Å²) in [6.45, 7) is 0.573. The maximum absolute atomic E-state index is 10.3. The zero-order valence-corrected chi connectivity index (χ0v) is 5.41. The maximum Gasteiger partial charge on any atom is 0.335 e. The van der Waals surface area contributed by atoms with Gasteiger partial charge in [0.15, 0.2) is 6.10 Å². The van der Waals surface area contributed by atoms with Gasteiger partial charge in [0.05, 0.1) is 0 Å². The maximum atomic E-state index is 10.3. The Bertz CT molecular complexity index is 155. The summed E-state index contributed by atoms with van der Waals surface area (Å²) in [5.41, 5.74) is 2.51. The van der Waals surface area contributed by atoms with Gasteiger partial charge in [0, 0.05) is 13.0 Å². The molecular formula is C6H9NO3. The van der Waals surface area contributed by atoms with Crippen LogP contribution in [0.3, 0.4) is 0 Å². The molecule has 4 nitrogen and oxygen atoms in total. The summed E-state index contributed by atoms with van der Waals surface area (Å²) >= 11 is 0. The van der Waals surface area contributed by atoms with Gasteiger partial charge in [-0.3, -0.25) is 4.84 Å². The van der Waals surface area contributed by atoms with Gasteiger partial charge in [0.1, 0.15) is 0 Å². The molecule has 1 aliphatic rings. The normalized spacial score (nSPS) is 25.8. The van der Waals surface area contributed by atoms with Crippen LogP contribution in [0, 0.1) is 0 Å². The predicted molar refractivity (Wildman–Crippen MR) is 34.3 cm³/mol. The molecule has 0 aliphatic carbocycles. The first kappa shape index (κ1) is 7.24. The van der Waals surface area contributed by atoms with Crippen molar-refractivity contribution in [3.8, 4) is 0 Å². The van der Waals surface area contributed by atoms with Gasteiger partial charge in [0.2, 0.25) is 0 Å². The lowest BCUT2D eigenvalue weighted by atomic mass is 10.2. The van der Waals surface area contributed by atoms with Crippen LogP contribution >= 0.6 is 0 Å². The third-order valence-electron chi connectivity index (χ3n) is 1.22. The van der Waals surface area contributed by atoms with Crippen LogP contribution in [0.2, 0.25) is 0 Å². The van der Waals surface area contributed by atoms with Crippen molar-refractivity contribution in [2.24, 2.45) is 0 Å². The van der Waals surface area contributed by atoms with Gasteiger partial charge < -0.3 is 5.11 Å². The molecule has 0 radical (unpaired) electrons. The van der Waals surface area contributed by atoms with Gasteiger partial charge in [-0.25, -0.2) is 4.79 Å². The second-order valence-electron chi connectivity index (χ2n) is 2.00. The number of carbonyl (C=O) groups is 1. The number of aliphatic carboxylic acids is 1. The highest BCUT2D eigenvalue weighted by Crippen LogP contribution is 2.00. The molecule has 0 aromatic rings. The Morgan fingerprint density at radius 2 is 2.50 bits per heavy atom. The van der Waals surface area contributed by atoms with Crippen molar-refractivity contribution < 1.29 is 14.7 Å². The lowest BCUT2D eigenvalue weighted by Crippen LogP contribution is -2.28. The smallest absolute Gasteiger partial charge is 0.335 e. The number of hydroxylamine groups is 1. The highest BCUT2D eigenvalue weighted by molar-refractivity contribution is 5.72. The summed E-state index contributed by atoms with van der Waals surface area (Å²) < 4.78 is 0. The molecule has 0 fully saturated rings. The van der Waals surface area contributed by atoms with Gasteiger partial charge in [-0.15, -0.1) is 0 Å².